The van der Waals surface area contributed by atoms with Crippen molar-refractivity contribution in [3.8, 4) is 0 Å². The van der Waals surface area contributed by atoms with E-state index < -0.39 is 16.2 Å². The van der Waals surface area contributed by atoms with Crippen LogP contribution in [-0.4, -0.2) is 44.1 Å². The van der Waals surface area contributed by atoms with E-state index in [0.717, 1.165) is 18.3 Å². The van der Waals surface area contributed by atoms with Gasteiger partial charge in [-0.3, -0.25) is 9.59 Å². The van der Waals surface area contributed by atoms with Crippen molar-refractivity contribution in [1.82, 2.24) is 4.90 Å². The molecular weight excluding hydrogens is 601 g/mol. The monoisotopic (exact) mass is 661 g/mol. The number of nitrogens with zero attached hydrogens (tertiary/aromatic N) is 1. The largest absolute Gasteiger partial charge is 0.465 e. The third-order valence-electron chi connectivity index (χ3n) is 11.1. The standard InChI is InChI=1S/C40H60BNO4S/c1-36(2,3)26-32(30-21-19-29(28-47)20-22-30)38(7,8)39(9,10)40(11,37(4,5)6)35(45)46-25-15-23-42(34(44)18-14-24-43)27-31-16-12-13-17-33(31)41/h12-13,16-17,19-22,24,32,47H,14-15,18,23,25-28H2,1-11H3. The number of benzene rings is 2. The maximum absolute atomic E-state index is 14.4. The number of thiol groups is 1. The molecule has 2 rings (SSSR count). The van der Waals surface area contributed by atoms with Crippen molar-refractivity contribution in [2.45, 2.75) is 120 Å². The van der Waals surface area contributed by atoms with Crippen LogP contribution in [0.3, 0.4) is 0 Å². The molecule has 0 aliphatic rings. The van der Waals surface area contributed by atoms with Crippen LogP contribution in [0.15, 0.2) is 48.5 Å². The molecule has 0 spiro atoms. The summed E-state index contributed by atoms with van der Waals surface area (Å²) in [5.74, 6) is 0.519. The number of hydrogen-bond acceptors (Lipinski definition) is 5. The topological polar surface area (TPSA) is 63.7 Å². The fourth-order valence-corrected chi connectivity index (χ4v) is 7.13. The molecule has 0 fully saturated rings. The molecule has 0 saturated heterocycles. The third kappa shape index (κ3) is 9.77. The highest BCUT2D eigenvalue weighted by Gasteiger charge is 2.62. The Kier molecular flexibility index (Phi) is 14.0. The van der Waals surface area contributed by atoms with Gasteiger partial charge in [-0.2, -0.15) is 12.6 Å². The molecule has 0 aliphatic carbocycles. The molecule has 258 valence electrons. The average Bonchev–Trinajstić information content (AvgIpc) is 2.99. The fourth-order valence-electron chi connectivity index (χ4n) is 6.92. The number of carbonyl (C=O) groups excluding carboxylic acids is 3. The van der Waals surface area contributed by atoms with Crippen LogP contribution in [0.25, 0.3) is 0 Å². The van der Waals surface area contributed by atoms with Crippen LogP contribution in [0, 0.1) is 27.1 Å². The summed E-state index contributed by atoms with van der Waals surface area (Å²) in [5.41, 5.74) is 1.87. The van der Waals surface area contributed by atoms with Crippen LogP contribution in [0.4, 0.5) is 0 Å². The summed E-state index contributed by atoms with van der Waals surface area (Å²) >= 11 is 4.47. The van der Waals surface area contributed by atoms with E-state index in [1.807, 2.05) is 24.3 Å². The molecular formula is C40H60BNO4S. The summed E-state index contributed by atoms with van der Waals surface area (Å²) in [6.45, 7) is 25.3. The second-order valence-corrected chi connectivity index (χ2v) is 17.0. The lowest BCUT2D eigenvalue weighted by molar-refractivity contribution is -0.187. The zero-order chi connectivity index (χ0) is 35.8. The Morgan fingerprint density at radius 2 is 1.51 bits per heavy atom. The number of aldehydes is 1. The minimum absolute atomic E-state index is 0.0678. The molecule has 2 aromatic rings. The number of ether oxygens (including phenoxy) is 1. The van der Waals surface area contributed by atoms with E-state index >= 15 is 0 Å². The van der Waals surface area contributed by atoms with Crippen LogP contribution in [-0.2, 0) is 31.4 Å². The Hall–Kier alpha value is -2.54. The van der Waals surface area contributed by atoms with E-state index in [4.69, 9.17) is 12.6 Å². The van der Waals surface area contributed by atoms with E-state index in [2.05, 4.69) is 113 Å². The maximum Gasteiger partial charge on any atom is 0.312 e. The van der Waals surface area contributed by atoms with Crippen molar-refractivity contribution in [3.05, 3.63) is 65.2 Å². The predicted molar refractivity (Wildman–Crippen MR) is 199 cm³/mol. The van der Waals surface area contributed by atoms with Crippen LogP contribution in [0.2, 0.25) is 0 Å². The Bertz CT molecular complexity index is 1340. The van der Waals surface area contributed by atoms with Gasteiger partial charge in [-0.1, -0.05) is 123 Å². The minimum Gasteiger partial charge on any atom is -0.465 e. The van der Waals surface area contributed by atoms with E-state index in [-0.39, 0.29) is 48.1 Å². The number of rotatable bonds is 16. The average molecular weight is 662 g/mol. The zero-order valence-corrected chi connectivity index (χ0v) is 31.9. The lowest BCUT2D eigenvalue weighted by atomic mass is 9.43. The van der Waals surface area contributed by atoms with Crippen molar-refractivity contribution in [2.24, 2.45) is 27.1 Å². The first-order valence-corrected chi connectivity index (χ1v) is 17.7. The molecule has 0 heterocycles. The number of esters is 1. The lowest BCUT2D eigenvalue weighted by Gasteiger charge is -2.60. The van der Waals surface area contributed by atoms with Crippen LogP contribution >= 0.6 is 12.6 Å². The van der Waals surface area contributed by atoms with E-state index in [0.29, 0.717) is 30.7 Å². The van der Waals surface area contributed by atoms with Gasteiger partial charge < -0.3 is 14.4 Å². The highest BCUT2D eigenvalue weighted by Crippen LogP contribution is 2.64. The van der Waals surface area contributed by atoms with Gasteiger partial charge in [-0.05, 0) is 64.0 Å². The van der Waals surface area contributed by atoms with Crippen molar-refractivity contribution >= 4 is 44.1 Å². The molecule has 47 heavy (non-hydrogen) atoms. The molecule has 7 heteroatoms. The minimum atomic E-state index is -0.859. The highest BCUT2D eigenvalue weighted by atomic mass is 32.1. The summed E-state index contributed by atoms with van der Waals surface area (Å²) < 4.78 is 6.15. The zero-order valence-electron chi connectivity index (χ0n) is 31.0. The van der Waals surface area contributed by atoms with Gasteiger partial charge in [0.2, 0.25) is 5.91 Å². The smallest absolute Gasteiger partial charge is 0.312 e. The normalized spacial score (nSPS) is 14.6. The molecule has 2 radical (unpaired) electrons. The molecule has 0 aromatic heterocycles. The number of carbonyl (C=O) groups is 3. The van der Waals surface area contributed by atoms with Crippen molar-refractivity contribution in [2.75, 3.05) is 13.2 Å². The predicted octanol–water partition coefficient (Wildman–Crippen LogP) is 8.48. The van der Waals surface area contributed by atoms with Gasteiger partial charge in [0.05, 0.1) is 12.0 Å². The summed E-state index contributed by atoms with van der Waals surface area (Å²) in [7, 11) is 6.17. The van der Waals surface area contributed by atoms with Gasteiger partial charge in [0, 0.05) is 31.7 Å². The van der Waals surface area contributed by atoms with Crippen LogP contribution < -0.4 is 5.46 Å². The van der Waals surface area contributed by atoms with Crippen molar-refractivity contribution in [3.63, 3.8) is 0 Å². The Morgan fingerprint density at radius 1 is 0.915 bits per heavy atom. The molecule has 5 nitrogen and oxygen atoms in total. The van der Waals surface area contributed by atoms with E-state index in [9.17, 15) is 14.4 Å². The van der Waals surface area contributed by atoms with Gasteiger partial charge in [0.1, 0.15) is 14.1 Å². The lowest BCUT2D eigenvalue weighted by Crippen LogP contribution is -2.59. The number of amides is 1. The second-order valence-electron chi connectivity index (χ2n) is 16.6. The van der Waals surface area contributed by atoms with Crippen molar-refractivity contribution in [1.29, 1.82) is 0 Å². The number of hydrogen-bond donors (Lipinski definition) is 1. The molecule has 0 N–H and O–H groups in total. The maximum atomic E-state index is 14.4. The Morgan fingerprint density at radius 3 is 2.02 bits per heavy atom. The molecule has 0 saturated carbocycles. The van der Waals surface area contributed by atoms with Gasteiger partial charge in [0.25, 0.3) is 0 Å². The van der Waals surface area contributed by atoms with Gasteiger partial charge in [-0.15, -0.1) is 0 Å². The molecule has 2 aromatic carbocycles. The molecule has 2 unspecified atom stereocenters. The Labute approximate surface area is 292 Å². The fraction of sp³-hybridized carbons (Fsp3) is 0.625. The van der Waals surface area contributed by atoms with E-state index in [1.54, 1.807) is 4.90 Å². The highest BCUT2D eigenvalue weighted by molar-refractivity contribution is 7.79. The van der Waals surface area contributed by atoms with Crippen molar-refractivity contribution < 1.29 is 19.1 Å². The first kappa shape index (κ1) is 40.6. The quantitative estimate of drug-likeness (QED) is 0.0645. The molecule has 0 aliphatic heterocycles. The summed E-state index contributed by atoms with van der Waals surface area (Å²) in [6.07, 6.45) is 2.49. The summed E-state index contributed by atoms with van der Waals surface area (Å²) in [4.78, 5) is 40.1. The first-order valence-electron chi connectivity index (χ1n) is 17.1. The third-order valence-corrected chi connectivity index (χ3v) is 11.4. The Balaban J connectivity index is 2.36. The van der Waals surface area contributed by atoms with Gasteiger partial charge >= 0.3 is 5.97 Å². The summed E-state index contributed by atoms with van der Waals surface area (Å²) in [5, 5.41) is 0. The molecule has 1 amide bonds. The molecule has 2 atom stereocenters. The van der Waals surface area contributed by atoms with E-state index in [1.165, 1.54) is 11.1 Å². The van der Waals surface area contributed by atoms with Gasteiger partial charge in [0.15, 0.2) is 0 Å². The van der Waals surface area contributed by atoms with Crippen LogP contribution in [0.1, 0.15) is 124 Å². The molecule has 0 bridgehead atoms. The second kappa shape index (κ2) is 16.2. The van der Waals surface area contributed by atoms with Crippen LogP contribution in [0.5, 0.6) is 0 Å². The van der Waals surface area contributed by atoms with Gasteiger partial charge in [-0.25, -0.2) is 0 Å². The first-order chi connectivity index (χ1) is 21.6. The SMILES string of the molecule is [B]c1ccccc1CN(CCCOC(=O)C(C)(C(C)(C)C)C(C)(C)C(C)(C)C(CC(C)(C)C)c1ccc(CS)cc1)C(=O)CCC=O. The summed E-state index contributed by atoms with van der Waals surface area (Å²) in [6, 6.07) is 16.3.